The Hall–Kier alpha value is -3.60. The van der Waals surface area contributed by atoms with Crippen LogP contribution in [0.4, 0.5) is 4.79 Å². The number of amides is 2. The number of imide groups is 1. The maximum Gasteiger partial charge on any atom is 0.417 e. The van der Waals surface area contributed by atoms with Crippen LogP contribution < -0.4 is 0 Å². The van der Waals surface area contributed by atoms with Gasteiger partial charge in [-0.25, -0.2) is 22.9 Å². The van der Waals surface area contributed by atoms with E-state index in [0.717, 1.165) is 14.8 Å². The van der Waals surface area contributed by atoms with Gasteiger partial charge >= 0.3 is 12.1 Å². The highest BCUT2D eigenvalue weighted by Crippen LogP contribution is 2.44. The highest BCUT2D eigenvalue weighted by Gasteiger charge is 2.55. The van der Waals surface area contributed by atoms with Gasteiger partial charge < -0.3 is 13.9 Å². The fourth-order valence-corrected chi connectivity index (χ4v) is 6.21. The van der Waals surface area contributed by atoms with Gasteiger partial charge in [0, 0.05) is 6.42 Å². The van der Waals surface area contributed by atoms with Crippen molar-refractivity contribution in [3.8, 4) is 0 Å². The second-order valence-corrected chi connectivity index (χ2v) is 11.5. The van der Waals surface area contributed by atoms with Crippen molar-refractivity contribution in [1.29, 1.82) is 0 Å². The lowest BCUT2D eigenvalue weighted by atomic mass is 9.92. The molecule has 192 valence electrons. The molecule has 0 spiro atoms. The first-order valence-corrected chi connectivity index (χ1v) is 12.8. The lowest BCUT2D eigenvalue weighted by molar-refractivity contribution is -0.137. The standard InChI is InChI=1S/C25H28N2O8S/c1-15-8-10-16(11-9-15)36(31,32)27-19-14-21(28)26(24(30)35-25(2,3)4)18(19)13-17(23(29)33-5)22(27)20-7-6-12-34-20/h6-12,18-19H,13-14H2,1-5H3/t18-,19-/m1/s1. The van der Waals surface area contributed by atoms with Crippen LogP contribution in [0.2, 0.25) is 0 Å². The molecule has 0 N–H and O–H groups in total. The van der Waals surface area contributed by atoms with Crippen molar-refractivity contribution in [2.45, 2.75) is 63.1 Å². The van der Waals surface area contributed by atoms with E-state index in [1.165, 1.54) is 31.6 Å². The van der Waals surface area contributed by atoms with Crippen LogP contribution in [0.3, 0.4) is 0 Å². The molecular formula is C25H28N2O8S. The molecule has 3 heterocycles. The van der Waals surface area contributed by atoms with Crippen molar-refractivity contribution in [2.24, 2.45) is 0 Å². The Morgan fingerprint density at radius 2 is 1.72 bits per heavy atom. The number of aryl methyl sites for hydroxylation is 1. The smallest absolute Gasteiger partial charge is 0.417 e. The van der Waals surface area contributed by atoms with E-state index in [-0.39, 0.29) is 34.8 Å². The van der Waals surface area contributed by atoms with Gasteiger partial charge in [0.1, 0.15) is 11.3 Å². The summed E-state index contributed by atoms with van der Waals surface area (Å²) < 4.78 is 45.1. The first-order valence-electron chi connectivity index (χ1n) is 11.4. The van der Waals surface area contributed by atoms with Gasteiger partial charge in [0.2, 0.25) is 5.91 Å². The highest BCUT2D eigenvalue weighted by molar-refractivity contribution is 7.89. The summed E-state index contributed by atoms with van der Waals surface area (Å²) in [6, 6.07) is 7.32. The molecule has 2 aromatic rings. The Bertz CT molecular complexity index is 1320. The van der Waals surface area contributed by atoms with Crippen LogP contribution in [0, 0.1) is 6.92 Å². The van der Waals surface area contributed by atoms with Crippen LogP contribution in [0.1, 0.15) is 44.9 Å². The molecule has 10 nitrogen and oxygen atoms in total. The molecule has 1 aromatic carbocycles. The molecule has 4 rings (SSSR count). The predicted octanol–water partition coefficient (Wildman–Crippen LogP) is 3.47. The van der Waals surface area contributed by atoms with E-state index >= 15 is 0 Å². The summed E-state index contributed by atoms with van der Waals surface area (Å²) in [7, 11) is -3.14. The van der Waals surface area contributed by atoms with Gasteiger partial charge in [-0.1, -0.05) is 17.7 Å². The Morgan fingerprint density at radius 1 is 1.06 bits per heavy atom. The second-order valence-electron chi connectivity index (χ2n) is 9.70. The van der Waals surface area contributed by atoms with Crippen LogP contribution in [0.5, 0.6) is 0 Å². The Balaban J connectivity index is 1.93. The monoisotopic (exact) mass is 516 g/mol. The van der Waals surface area contributed by atoms with Crippen molar-refractivity contribution in [3.63, 3.8) is 0 Å². The van der Waals surface area contributed by atoms with Crippen molar-refractivity contribution in [2.75, 3.05) is 7.11 Å². The number of nitrogens with zero attached hydrogens (tertiary/aromatic N) is 2. The molecule has 2 aliphatic heterocycles. The number of ether oxygens (including phenoxy) is 2. The number of esters is 1. The number of hydrogen-bond donors (Lipinski definition) is 0. The van der Waals surface area contributed by atoms with Crippen LogP contribution in [-0.4, -0.2) is 60.4 Å². The topological polar surface area (TPSA) is 123 Å². The van der Waals surface area contributed by atoms with Gasteiger partial charge in [-0.3, -0.25) is 9.10 Å². The molecule has 0 unspecified atom stereocenters. The third-order valence-corrected chi connectivity index (χ3v) is 7.84. The number of carbonyl (C=O) groups is 3. The van der Waals surface area contributed by atoms with E-state index in [0.29, 0.717) is 0 Å². The number of likely N-dealkylation sites (tertiary alicyclic amines) is 1. The van der Waals surface area contributed by atoms with Crippen LogP contribution >= 0.6 is 0 Å². The Kier molecular flexibility index (Phi) is 6.46. The average Bonchev–Trinajstić information content (AvgIpc) is 3.43. The number of benzene rings is 1. The molecule has 1 aromatic heterocycles. The summed E-state index contributed by atoms with van der Waals surface area (Å²) in [5.74, 6) is -1.28. The lowest BCUT2D eigenvalue weighted by Crippen LogP contribution is -2.53. The minimum Gasteiger partial charge on any atom is -0.466 e. The molecule has 0 bridgehead atoms. The molecule has 11 heteroatoms. The predicted molar refractivity (Wildman–Crippen MR) is 128 cm³/mol. The van der Waals surface area contributed by atoms with E-state index in [2.05, 4.69) is 0 Å². The number of fused-ring (bicyclic) bond motifs is 1. The summed E-state index contributed by atoms with van der Waals surface area (Å²) in [5.41, 5.74) is -0.0900. The molecule has 2 amide bonds. The summed E-state index contributed by atoms with van der Waals surface area (Å²) in [6.07, 6.45) is 0.0389. The van der Waals surface area contributed by atoms with E-state index in [9.17, 15) is 22.8 Å². The number of methoxy groups -OCH3 is 1. The molecule has 1 saturated heterocycles. The first-order chi connectivity index (χ1) is 16.8. The fraction of sp³-hybridized carbons (Fsp3) is 0.400. The quantitative estimate of drug-likeness (QED) is 0.566. The van der Waals surface area contributed by atoms with Crippen LogP contribution in [0.15, 0.2) is 57.5 Å². The number of hydrogen-bond acceptors (Lipinski definition) is 8. The van der Waals surface area contributed by atoms with Gasteiger partial charge in [-0.2, -0.15) is 0 Å². The van der Waals surface area contributed by atoms with Crippen molar-refractivity contribution < 1.29 is 36.7 Å². The van der Waals surface area contributed by atoms with E-state index in [4.69, 9.17) is 13.9 Å². The molecular weight excluding hydrogens is 488 g/mol. The van der Waals surface area contributed by atoms with Crippen molar-refractivity contribution in [3.05, 3.63) is 59.6 Å². The van der Waals surface area contributed by atoms with Gasteiger partial charge in [-0.15, -0.1) is 0 Å². The van der Waals surface area contributed by atoms with E-state index < -0.39 is 45.7 Å². The maximum absolute atomic E-state index is 14.1. The summed E-state index contributed by atoms with van der Waals surface area (Å²) in [4.78, 5) is 39.9. The Morgan fingerprint density at radius 3 is 2.28 bits per heavy atom. The number of sulfonamides is 1. The zero-order chi connectivity index (χ0) is 26.4. The zero-order valence-electron chi connectivity index (χ0n) is 20.7. The molecule has 0 saturated carbocycles. The fourth-order valence-electron chi connectivity index (χ4n) is 4.49. The van der Waals surface area contributed by atoms with E-state index in [1.54, 1.807) is 39.0 Å². The maximum atomic E-state index is 14.1. The summed E-state index contributed by atoms with van der Waals surface area (Å²) in [5, 5.41) is 0. The largest absolute Gasteiger partial charge is 0.466 e. The highest BCUT2D eigenvalue weighted by atomic mass is 32.2. The molecule has 36 heavy (non-hydrogen) atoms. The molecule has 2 aliphatic rings. The first kappa shape index (κ1) is 25.5. The van der Waals surface area contributed by atoms with Gasteiger partial charge in [0.25, 0.3) is 10.0 Å². The van der Waals surface area contributed by atoms with Crippen LogP contribution in [0.25, 0.3) is 5.70 Å². The number of carbonyl (C=O) groups excluding carboxylic acids is 3. The molecule has 1 fully saturated rings. The van der Waals surface area contributed by atoms with Crippen molar-refractivity contribution in [1.82, 2.24) is 9.21 Å². The molecule has 0 aliphatic carbocycles. The lowest BCUT2D eigenvalue weighted by Gasteiger charge is -2.40. The number of rotatable bonds is 4. The van der Waals surface area contributed by atoms with Crippen molar-refractivity contribution >= 4 is 33.7 Å². The SMILES string of the molecule is COC(=O)C1=C(c2ccco2)N(S(=O)(=O)c2ccc(C)cc2)[C@@H]2CC(=O)N(C(=O)OC(C)(C)C)[C@@H]2C1. The third-order valence-electron chi connectivity index (χ3n) is 6.00. The minimum atomic E-state index is -4.31. The summed E-state index contributed by atoms with van der Waals surface area (Å²) in [6.45, 7) is 6.80. The van der Waals surface area contributed by atoms with Gasteiger partial charge in [0.15, 0.2) is 5.76 Å². The average molecular weight is 517 g/mol. The minimum absolute atomic E-state index is 0.0208. The van der Waals surface area contributed by atoms with E-state index in [1.807, 2.05) is 6.92 Å². The normalized spacial score (nSPS) is 20.4. The third kappa shape index (κ3) is 4.50. The van der Waals surface area contributed by atoms with Crippen LogP contribution in [-0.2, 0) is 29.1 Å². The van der Waals surface area contributed by atoms with Gasteiger partial charge in [-0.05, 0) is 52.0 Å². The van der Waals surface area contributed by atoms with Gasteiger partial charge in [0.05, 0.1) is 42.3 Å². The summed E-state index contributed by atoms with van der Waals surface area (Å²) >= 11 is 0. The Labute approximate surface area is 209 Å². The zero-order valence-corrected chi connectivity index (χ0v) is 21.5. The molecule has 2 atom stereocenters. The second kappa shape index (κ2) is 9.12. The number of furan rings is 1. The molecule has 0 radical (unpaired) electrons.